The highest BCUT2D eigenvalue weighted by atomic mass is 31.2. The number of carbonyl (C=O) groups is 1. The summed E-state index contributed by atoms with van der Waals surface area (Å²) >= 11 is 0. The van der Waals surface area contributed by atoms with Crippen LogP contribution < -0.4 is 11.0 Å². The van der Waals surface area contributed by atoms with E-state index in [1.54, 1.807) is 37.6 Å². The van der Waals surface area contributed by atoms with E-state index >= 15 is 0 Å². The van der Waals surface area contributed by atoms with Crippen molar-refractivity contribution in [1.29, 1.82) is 0 Å². The topological polar surface area (TPSA) is 60.2 Å². The third-order valence-corrected chi connectivity index (χ3v) is 5.85. The summed E-state index contributed by atoms with van der Waals surface area (Å²) in [6, 6.07) is 6.85. The van der Waals surface area contributed by atoms with Gasteiger partial charge < -0.3 is 10.3 Å². The second kappa shape index (κ2) is 5.20. The average Bonchev–Trinajstić information content (AvgIpc) is 2.38. The van der Waals surface area contributed by atoms with E-state index in [0.717, 1.165) is 0 Å². The minimum Gasteiger partial charge on any atom is -0.369 e. The van der Waals surface area contributed by atoms with E-state index in [0.29, 0.717) is 10.9 Å². The first kappa shape index (κ1) is 16.2. The van der Waals surface area contributed by atoms with Gasteiger partial charge in [0, 0.05) is 18.1 Å². The van der Waals surface area contributed by atoms with E-state index in [1.165, 1.54) is 0 Å². The van der Waals surface area contributed by atoms with Gasteiger partial charge in [0.1, 0.15) is 7.14 Å². The minimum absolute atomic E-state index is 0.0243. The van der Waals surface area contributed by atoms with Gasteiger partial charge in [0.05, 0.1) is 5.41 Å². The molecule has 0 heterocycles. The van der Waals surface area contributed by atoms with Crippen LogP contribution in [0.5, 0.6) is 0 Å². The van der Waals surface area contributed by atoms with E-state index in [9.17, 15) is 18.1 Å². The van der Waals surface area contributed by atoms with Crippen LogP contribution in [0, 0.1) is 0 Å². The van der Waals surface area contributed by atoms with E-state index in [-0.39, 0.29) is 25.7 Å². The summed E-state index contributed by atoms with van der Waals surface area (Å²) in [6.45, 7) is 3.27. The Hall–Kier alpha value is -1.22. The molecule has 2 rings (SSSR count). The first-order valence-electron chi connectivity index (χ1n) is 6.91. The Morgan fingerprint density at radius 2 is 1.76 bits per heavy atom. The lowest BCUT2D eigenvalue weighted by Gasteiger charge is -2.38. The van der Waals surface area contributed by atoms with Crippen LogP contribution in [0.2, 0.25) is 0 Å². The fraction of sp³-hybridized carbons (Fsp3) is 0.533. The summed E-state index contributed by atoms with van der Waals surface area (Å²) < 4.78 is 39.0. The molecule has 1 aromatic carbocycles. The van der Waals surface area contributed by atoms with Crippen LogP contribution in [-0.4, -0.2) is 25.2 Å². The van der Waals surface area contributed by atoms with Crippen LogP contribution in [0.3, 0.4) is 0 Å². The molecule has 1 saturated carbocycles. The Kier molecular flexibility index (Phi) is 4.00. The summed E-state index contributed by atoms with van der Waals surface area (Å²) in [5.74, 6) is -3.32. The van der Waals surface area contributed by atoms with Crippen molar-refractivity contribution < 1.29 is 18.1 Å². The van der Waals surface area contributed by atoms with Gasteiger partial charge in [-0.1, -0.05) is 18.2 Å². The molecule has 1 amide bonds. The molecular formula is C15H20F2NO2P. The van der Waals surface area contributed by atoms with Crippen molar-refractivity contribution in [2.75, 3.05) is 13.3 Å². The van der Waals surface area contributed by atoms with Crippen molar-refractivity contribution in [3.8, 4) is 0 Å². The van der Waals surface area contributed by atoms with Crippen molar-refractivity contribution in [1.82, 2.24) is 0 Å². The second-order valence-corrected chi connectivity index (χ2v) is 9.42. The highest BCUT2D eigenvalue weighted by Crippen LogP contribution is 2.46. The maximum absolute atomic E-state index is 13.4. The van der Waals surface area contributed by atoms with Crippen molar-refractivity contribution in [2.45, 2.75) is 37.0 Å². The Bertz CT molecular complexity index is 599. The van der Waals surface area contributed by atoms with E-state index in [1.807, 2.05) is 0 Å². The molecule has 2 N–H and O–H groups in total. The minimum atomic E-state index is -2.73. The summed E-state index contributed by atoms with van der Waals surface area (Å²) in [7, 11) is -2.48. The van der Waals surface area contributed by atoms with Gasteiger partial charge in [0.25, 0.3) is 0 Å². The fourth-order valence-electron chi connectivity index (χ4n) is 2.86. The van der Waals surface area contributed by atoms with Crippen LogP contribution in [0.4, 0.5) is 8.78 Å². The first-order chi connectivity index (χ1) is 9.57. The van der Waals surface area contributed by atoms with Gasteiger partial charge >= 0.3 is 0 Å². The van der Waals surface area contributed by atoms with Crippen LogP contribution in [0.25, 0.3) is 0 Å². The third-order valence-electron chi connectivity index (χ3n) is 4.33. The number of hydrogen-bond donors (Lipinski definition) is 1. The average molecular weight is 315 g/mol. The van der Waals surface area contributed by atoms with Gasteiger partial charge in [-0.25, -0.2) is 8.78 Å². The zero-order valence-corrected chi connectivity index (χ0v) is 13.1. The zero-order chi connectivity index (χ0) is 15.9. The molecule has 21 heavy (non-hydrogen) atoms. The Labute approximate surface area is 123 Å². The van der Waals surface area contributed by atoms with Crippen molar-refractivity contribution in [2.24, 2.45) is 5.73 Å². The number of benzene rings is 1. The molecule has 0 aliphatic heterocycles. The molecule has 0 spiro atoms. The summed E-state index contributed by atoms with van der Waals surface area (Å²) in [4.78, 5) is 12.0. The summed E-state index contributed by atoms with van der Waals surface area (Å²) in [5, 5.41) is 0.637. The van der Waals surface area contributed by atoms with E-state index < -0.39 is 24.4 Å². The number of carbonyl (C=O) groups excluding carboxylic acids is 1. The predicted octanol–water partition coefficient (Wildman–Crippen LogP) is 2.87. The lowest BCUT2D eigenvalue weighted by molar-refractivity contribution is -0.128. The molecule has 116 valence electrons. The van der Waals surface area contributed by atoms with E-state index in [4.69, 9.17) is 5.73 Å². The number of primary amides is 1. The zero-order valence-electron chi connectivity index (χ0n) is 12.2. The Morgan fingerprint density at radius 1 is 1.19 bits per heavy atom. The highest BCUT2D eigenvalue weighted by Gasteiger charge is 2.48. The van der Waals surface area contributed by atoms with Crippen molar-refractivity contribution in [3.63, 3.8) is 0 Å². The van der Waals surface area contributed by atoms with Gasteiger partial charge in [-0.3, -0.25) is 4.79 Å². The molecule has 1 aliphatic rings. The monoisotopic (exact) mass is 315 g/mol. The Morgan fingerprint density at radius 3 is 2.24 bits per heavy atom. The van der Waals surface area contributed by atoms with Crippen LogP contribution in [-0.2, 0) is 14.8 Å². The molecule has 0 bridgehead atoms. The molecular weight excluding hydrogens is 295 g/mol. The third kappa shape index (κ3) is 3.18. The largest absolute Gasteiger partial charge is 0.369 e. The summed E-state index contributed by atoms with van der Waals surface area (Å²) in [5.41, 5.74) is 5.06. The smallest absolute Gasteiger partial charge is 0.248 e. The number of rotatable bonds is 3. The fourth-order valence-corrected chi connectivity index (χ4v) is 3.75. The van der Waals surface area contributed by atoms with Crippen LogP contribution >= 0.6 is 7.14 Å². The lowest BCUT2D eigenvalue weighted by Crippen LogP contribution is -2.46. The normalized spacial score (nSPS) is 21.0. The van der Waals surface area contributed by atoms with Crippen molar-refractivity contribution in [3.05, 3.63) is 29.8 Å². The van der Waals surface area contributed by atoms with E-state index in [2.05, 4.69) is 0 Å². The molecule has 1 aliphatic carbocycles. The Balaban J connectivity index is 2.45. The number of halogens is 2. The van der Waals surface area contributed by atoms with Crippen LogP contribution in [0.15, 0.2) is 24.3 Å². The van der Waals surface area contributed by atoms with Gasteiger partial charge in [0.2, 0.25) is 11.8 Å². The molecule has 1 aromatic rings. The lowest BCUT2D eigenvalue weighted by atomic mass is 9.68. The maximum Gasteiger partial charge on any atom is 0.248 e. The SMILES string of the molecule is CP(C)(=O)c1cccc(C2(C(N)=O)CCC(F)(F)CC2)c1. The maximum atomic E-state index is 13.4. The molecule has 0 saturated heterocycles. The second-order valence-electron chi connectivity index (χ2n) is 6.20. The number of hydrogen-bond acceptors (Lipinski definition) is 2. The van der Waals surface area contributed by atoms with Gasteiger partial charge in [-0.05, 0) is 37.8 Å². The van der Waals surface area contributed by atoms with Gasteiger partial charge in [-0.2, -0.15) is 0 Å². The number of alkyl halides is 2. The molecule has 3 nitrogen and oxygen atoms in total. The number of amides is 1. The molecule has 0 unspecified atom stereocenters. The molecule has 1 fully saturated rings. The molecule has 6 heteroatoms. The quantitative estimate of drug-likeness (QED) is 0.872. The molecule has 0 atom stereocenters. The first-order valence-corrected chi connectivity index (χ1v) is 9.51. The van der Waals surface area contributed by atoms with Crippen LogP contribution in [0.1, 0.15) is 31.2 Å². The molecule has 0 aromatic heterocycles. The standard InChI is InChI=1S/C15H20F2NO2P/c1-21(2,20)12-5-3-4-11(10-12)14(13(18)19)6-8-15(16,17)9-7-14/h3-5,10H,6-9H2,1-2H3,(H2,18,19). The summed E-state index contributed by atoms with van der Waals surface area (Å²) in [6.07, 6.45) is -0.654. The van der Waals surface area contributed by atoms with Crippen molar-refractivity contribution >= 4 is 18.4 Å². The number of nitrogens with two attached hydrogens (primary N) is 1. The highest BCUT2D eigenvalue weighted by molar-refractivity contribution is 7.70. The molecule has 0 radical (unpaired) electrons. The van der Waals surface area contributed by atoms with Gasteiger partial charge in [-0.15, -0.1) is 0 Å². The van der Waals surface area contributed by atoms with Gasteiger partial charge in [0.15, 0.2) is 0 Å². The predicted molar refractivity (Wildman–Crippen MR) is 79.8 cm³/mol.